The summed E-state index contributed by atoms with van der Waals surface area (Å²) in [6.45, 7) is 4.92. The minimum absolute atomic E-state index is 0.162. The predicted octanol–water partition coefficient (Wildman–Crippen LogP) is 2.29. The van der Waals surface area contributed by atoms with Gasteiger partial charge in [0.05, 0.1) is 18.9 Å². The molecule has 0 aliphatic carbocycles. The third-order valence-corrected chi connectivity index (χ3v) is 3.86. The van der Waals surface area contributed by atoms with E-state index in [0.717, 1.165) is 49.3 Å². The molecule has 1 saturated heterocycles. The molecular weight excluding hydrogens is 278 g/mol. The summed E-state index contributed by atoms with van der Waals surface area (Å²) in [5.74, 6) is 0. The smallest absolute Gasteiger partial charge is 0.319 e. The molecule has 2 aromatic rings. The lowest BCUT2D eigenvalue weighted by atomic mass is 10.1. The van der Waals surface area contributed by atoms with Crippen molar-refractivity contribution in [2.75, 3.05) is 44.7 Å². The molecule has 3 rings (SSSR count). The number of benzene rings is 2. The lowest BCUT2D eigenvalue weighted by Gasteiger charge is -2.26. The molecule has 2 amide bonds. The van der Waals surface area contributed by atoms with Crippen molar-refractivity contribution in [2.24, 2.45) is 0 Å². The second kappa shape index (κ2) is 7.24. The van der Waals surface area contributed by atoms with Crippen LogP contribution in [0.2, 0.25) is 0 Å². The highest BCUT2D eigenvalue weighted by atomic mass is 16.5. The molecule has 5 nitrogen and oxygen atoms in total. The van der Waals surface area contributed by atoms with E-state index in [0.29, 0.717) is 6.54 Å². The molecule has 5 heteroatoms. The number of ether oxygens (including phenoxy) is 1. The van der Waals surface area contributed by atoms with Gasteiger partial charge in [0.2, 0.25) is 0 Å². The highest BCUT2D eigenvalue weighted by Crippen LogP contribution is 2.22. The lowest BCUT2D eigenvalue weighted by Crippen LogP contribution is -2.42. The fourth-order valence-corrected chi connectivity index (χ4v) is 2.65. The van der Waals surface area contributed by atoms with Crippen LogP contribution in [0.25, 0.3) is 10.8 Å². The first-order chi connectivity index (χ1) is 10.8. The Labute approximate surface area is 130 Å². The van der Waals surface area contributed by atoms with Crippen molar-refractivity contribution < 1.29 is 9.53 Å². The quantitative estimate of drug-likeness (QED) is 0.911. The van der Waals surface area contributed by atoms with Gasteiger partial charge in [-0.25, -0.2) is 4.79 Å². The van der Waals surface area contributed by atoms with Gasteiger partial charge < -0.3 is 15.4 Å². The SMILES string of the molecule is O=C(NCCN1CCOCC1)Nc1cccc2ccccc12. The van der Waals surface area contributed by atoms with Crippen LogP contribution in [0, 0.1) is 0 Å². The van der Waals surface area contributed by atoms with E-state index in [2.05, 4.69) is 15.5 Å². The summed E-state index contributed by atoms with van der Waals surface area (Å²) >= 11 is 0. The fraction of sp³-hybridized carbons (Fsp3) is 0.353. The van der Waals surface area contributed by atoms with Gasteiger partial charge in [-0.05, 0) is 11.5 Å². The Morgan fingerprint density at radius 2 is 1.86 bits per heavy atom. The minimum atomic E-state index is -0.162. The van der Waals surface area contributed by atoms with E-state index in [1.54, 1.807) is 0 Å². The first kappa shape index (κ1) is 14.8. The van der Waals surface area contributed by atoms with Gasteiger partial charge in [0.15, 0.2) is 0 Å². The highest BCUT2D eigenvalue weighted by molar-refractivity contribution is 6.01. The van der Waals surface area contributed by atoms with E-state index in [1.165, 1.54) is 0 Å². The van der Waals surface area contributed by atoms with E-state index >= 15 is 0 Å². The van der Waals surface area contributed by atoms with Crippen molar-refractivity contribution >= 4 is 22.5 Å². The number of nitrogens with zero attached hydrogens (tertiary/aromatic N) is 1. The number of urea groups is 1. The first-order valence-corrected chi connectivity index (χ1v) is 7.66. The molecule has 0 spiro atoms. The van der Waals surface area contributed by atoms with Crippen molar-refractivity contribution in [3.05, 3.63) is 42.5 Å². The fourth-order valence-electron chi connectivity index (χ4n) is 2.65. The van der Waals surface area contributed by atoms with Crippen LogP contribution in [0.4, 0.5) is 10.5 Å². The molecule has 1 aliphatic rings. The monoisotopic (exact) mass is 299 g/mol. The summed E-state index contributed by atoms with van der Waals surface area (Å²) in [5.41, 5.74) is 0.835. The van der Waals surface area contributed by atoms with Gasteiger partial charge in [0.25, 0.3) is 0 Å². The van der Waals surface area contributed by atoms with Crippen LogP contribution < -0.4 is 10.6 Å². The van der Waals surface area contributed by atoms with Crippen LogP contribution in [0.3, 0.4) is 0 Å². The van der Waals surface area contributed by atoms with Gasteiger partial charge in [-0.15, -0.1) is 0 Å². The summed E-state index contributed by atoms with van der Waals surface area (Å²) in [4.78, 5) is 14.3. The molecule has 1 fully saturated rings. The van der Waals surface area contributed by atoms with Gasteiger partial charge in [-0.2, -0.15) is 0 Å². The molecule has 1 aliphatic heterocycles. The van der Waals surface area contributed by atoms with Crippen LogP contribution in [-0.2, 0) is 4.74 Å². The Morgan fingerprint density at radius 3 is 2.73 bits per heavy atom. The number of hydrogen-bond donors (Lipinski definition) is 2. The van der Waals surface area contributed by atoms with Gasteiger partial charge in [0, 0.05) is 31.6 Å². The average molecular weight is 299 g/mol. The standard InChI is InChI=1S/C17H21N3O2/c21-17(18-8-9-20-10-12-22-13-11-20)19-16-7-3-5-14-4-1-2-6-15(14)16/h1-7H,8-13H2,(H2,18,19,21). The Hall–Kier alpha value is -2.11. The van der Waals surface area contributed by atoms with Gasteiger partial charge in [-0.3, -0.25) is 4.90 Å². The van der Waals surface area contributed by atoms with Crippen molar-refractivity contribution in [1.29, 1.82) is 0 Å². The van der Waals surface area contributed by atoms with Crippen LogP contribution in [-0.4, -0.2) is 50.3 Å². The number of nitrogens with one attached hydrogen (secondary N) is 2. The normalized spacial score (nSPS) is 15.6. The maximum absolute atomic E-state index is 12.0. The van der Waals surface area contributed by atoms with E-state index < -0.39 is 0 Å². The van der Waals surface area contributed by atoms with Gasteiger partial charge >= 0.3 is 6.03 Å². The molecular formula is C17H21N3O2. The summed E-state index contributed by atoms with van der Waals surface area (Å²) < 4.78 is 5.31. The molecule has 0 unspecified atom stereocenters. The zero-order chi connectivity index (χ0) is 15.2. The third-order valence-electron chi connectivity index (χ3n) is 3.86. The number of anilines is 1. The molecule has 0 bridgehead atoms. The number of morpholine rings is 1. The molecule has 2 aromatic carbocycles. The van der Waals surface area contributed by atoms with E-state index in [1.807, 2.05) is 42.5 Å². The molecule has 0 aromatic heterocycles. The first-order valence-electron chi connectivity index (χ1n) is 7.66. The van der Waals surface area contributed by atoms with Crippen LogP contribution in [0.5, 0.6) is 0 Å². The predicted molar refractivity (Wildman–Crippen MR) is 88.2 cm³/mol. The van der Waals surface area contributed by atoms with Crippen molar-refractivity contribution in [3.8, 4) is 0 Å². The molecule has 0 atom stereocenters. The van der Waals surface area contributed by atoms with E-state index in [-0.39, 0.29) is 6.03 Å². The maximum atomic E-state index is 12.0. The summed E-state index contributed by atoms with van der Waals surface area (Å²) in [5, 5.41) is 8.01. The molecule has 1 heterocycles. The van der Waals surface area contributed by atoms with E-state index in [9.17, 15) is 4.79 Å². The average Bonchev–Trinajstić information content (AvgIpc) is 2.56. The summed E-state index contributed by atoms with van der Waals surface area (Å²) in [6.07, 6.45) is 0. The van der Waals surface area contributed by atoms with Crippen molar-refractivity contribution in [2.45, 2.75) is 0 Å². The third kappa shape index (κ3) is 3.75. The maximum Gasteiger partial charge on any atom is 0.319 e. The Balaban J connectivity index is 1.52. The second-order valence-electron chi connectivity index (χ2n) is 5.36. The number of fused-ring (bicyclic) bond motifs is 1. The second-order valence-corrected chi connectivity index (χ2v) is 5.36. The Bertz CT molecular complexity index is 633. The summed E-state index contributed by atoms with van der Waals surface area (Å²) in [6, 6.07) is 13.8. The lowest BCUT2D eigenvalue weighted by molar-refractivity contribution is 0.0388. The van der Waals surface area contributed by atoms with Gasteiger partial charge in [0.1, 0.15) is 0 Å². The topological polar surface area (TPSA) is 53.6 Å². The number of carbonyl (C=O) groups excluding carboxylic acids is 1. The summed E-state index contributed by atoms with van der Waals surface area (Å²) in [7, 11) is 0. The van der Waals surface area contributed by atoms with E-state index in [4.69, 9.17) is 4.74 Å². The van der Waals surface area contributed by atoms with Crippen LogP contribution in [0.15, 0.2) is 42.5 Å². The molecule has 0 saturated carbocycles. The largest absolute Gasteiger partial charge is 0.379 e. The molecule has 2 N–H and O–H groups in total. The Morgan fingerprint density at radius 1 is 1.09 bits per heavy atom. The minimum Gasteiger partial charge on any atom is -0.379 e. The van der Waals surface area contributed by atoms with Crippen molar-refractivity contribution in [3.63, 3.8) is 0 Å². The number of rotatable bonds is 4. The number of carbonyl (C=O) groups is 1. The van der Waals surface area contributed by atoms with Gasteiger partial charge in [-0.1, -0.05) is 36.4 Å². The number of hydrogen-bond acceptors (Lipinski definition) is 3. The Kier molecular flexibility index (Phi) is 4.88. The van der Waals surface area contributed by atoms with Crippen molar-refractivity contribution in [1.82, 2.24) is 10.2 Å². The zero-order valence-corrected chi connectivity index (χ0v) is 12.5. The molecule has 116 valence electrons. The number of amides is 2. The molecule has 0 radical (unpaired) electrons. The zero-order valence-electron chi connectivity index (χ0n) is 12.5. The highest BCUT2D eigenvalue weighted by Gasteiger charge is 2.10. The van der Waals surface area contributed by atoms with Crippen LogP contribution >= 0.6 is 0 Å². The van der Waals surface area contributed by atoms with Crippen LogP contribution in [0.1, 0.15) is 0 Å². The molecule has 22 heavy (non-hydrogen) atoms.